The summed E-state index contributed by atoms with van der Waals surface area (Å²) in [5, 5.41) is 8.80. The Hall–Kier alpha value is -1.54. The van der Waals surface area contributed by atoms with Gasteiger partial charge in [-0.05, 0) is 30.5 Å². The van der Waals surface area contributed by atoms with Gasteiger partial charge in [-0.25, -0.2) is 8.42 Å². The van der Waals surface area contributed by atoms with E-state index in [0.29, 0.717) is 23.6 Å². The molecular formula is C13H18N2O2S. The SMILES string of the molecule is CC(C)CCS(=O)(=O)N(C)c1cccc(C#N)c1. The fraction of sp³-hybridized carbons (Fsp3) is 0.462. The minimum absolute atomic E-state index is 0.123. The van der Waals surface area contributed by atoms with E-state index in [1.54, 1.807) is 24.3 Å². The molecule has 0 bridgehead atoms. The summed E-state index contributed by atoms with van der Waals surface area (Å²) < 4.78 is 25.4. The van der Waals surface area contributed by atoms with Gasteiger partial charge in [0.2, 0.25) is 10.0 Å². The predicted octanol–water partition coefficient (Wildman–Crippen LogP) is 2.37. The molecule has 0 aliphatic carbocycles. The second-order valence-electron chi connectivity index (χ2n) is 4.63. The molecule has 0 heterocycles. The monoisotopic (exact) mass is 266 g/mol. The van der Waals surface area contributed by atoms with Gasteiger partial charge in [0.15, 0.2) is 0 Å². The Balaban J connectivity index is 2.92. The Morgan fingerprint density at radius 3 is 2.61 bits per heavy atom. The predicted molar refractivity (Wildman–Crippen MR) is 72.8 cm³/mol. The lowest BCUT2D eigenvalue weighted by molar-refractivity contribution is 0.572. The molecule has 18 heavy (non-hydrogen) atoms. The summed E-state index contributed by atoms with van der Waals surface area (Å²) >= 11 is 0. The number of hydrogen-bond acceptors (Lipinski definition) is 3. The Bertz CT molecular complexity index is 544. The van der Waals surface area contributed by atoms with Crippen LogP contribution in [-0.4, -0.2) is 21.2 Å². The molecule has 98 valence electrons. The van der Waals surface area contributed by atoms with Crippen LogP contribution in [0.15, 0.2) is 24.3 Å². The van der Waals surface area contributed by atoms with Crippen molar-refractivity contribution >= 4 is 15.7 Å². The molecule has 0 saturated heterocycles. The van der Waals surface area contributed by atoms with Crippen molar-refractivity contribution in [2.75, 3.05) is 17.1 Å². The van der Waals surface area contributed by atoms with Crippen molar-refractivity contribution in [3.63, 3.8) is 0 Å². The van der Waals surface area contributed by atoms with Crippen LogP contribution in [0.1, 0.15) is 25.8 Å². The molecule has 0 aliphatic heterocycles. The smallest absolute Gasteiger partial charge is 0.234 e. The summed E-state index contributed by atoms with van der Waals surface area (Å²) in [5.41, 5.74) is 0.983. The average molecular weight is 266 g/mol. The largest absolute Gasteiger partial charge is 0.273 e. The first-order valence-electron chi connectivity index (χ1n) is 5.83. The van der Waals surface area contributed by atoms with Gasteiger partial charge >= 0.3 is 0 Å². The summed E-state index contributed by atoms with van der Waals surface area (Å²) in [4.78, 5) is 0. The van der Waals surface area contributed by atoms with Crippen LogP contribution in [0.4, 0.5) is 5.69 Å². The van der Waals surface area contributed by atoms with Crippen LogP contribution in [-0.2, 0) is 10.0 Å². The van der Waals surface area contributed by atoms with Crippen LogP contribution in [0, 0.1) is 17.2 Å². The highest BCUT2D eigenvalue weighted by Crippen LogP contribution is 2.19. The van der Waals surface area contributed by atoms with E-state index in [2.05, 4.69) is 0 Å². The molecule has 1 aromatic rings. The minimum atomic E-state index is -3.31. The summed E-state index contributed by atoms with van der Waals surface area (Å²) in [5.74, 6) is 0.469. The molecule has 5 heteroatoms. The van der Waals surface area contributed by atoms with Crippen LogP contribution in [0.3, 0.4) is 0 Å². The van der Waals surface area contributed by atoms with Crippen LogP contribution in [0.2, 0.25) is 0 Å². The lowest BCUT2D eigenvalue weighted by Crippen LogP contribution is -2.29. The van der Waals surface area contributed by atoms with E-state index in [9.17, 15) is 8.42 Å². The first kappa shape index (κ1) is 14.5. The number of nitriles is 1. The lowest BCUT2D eigenvalue weighted by Gasteiger charge is -2.20. The molecule has 1 aromatic carbocycles. The Morgan fingerprint density at radius 2 is 2.06 bits per heavy atom. The van der Waals surface area contributed by atoms with Gasteiger partial charge < -0.3 is 0 Å². The zero-order valence-electron chi connectivity index (χ0n) is 10.9. The zero-order valence-corrected chi connectivity index (χ0v) is 11.7. The van der Waals surface area contributed by atoms with E-state index in [1.165, 1.54) is 11.4 Å². The van der Waals surface area contributed by atoms with Crippen molar-refractivity contribution in [1.82, 2.24) is 0 Å². The van der Waals surface area contributed by atoms with E-state index >= 15 is 0 Å². The number of nitrogens with zero attached hydrogens (tertiary/aromatic N) is 2. The van der Waals surface area contributed by atoms with Gasteiger partial charge in [0.25, 0.3) is 0 Å². The van der Waals surface area contributed by atoms with Crippen molar-refractivity contribution in [3.8, 4) is 6.07 Å². The average Bonchev–Trinajstić information content (AvgIpc) is 2.35. The van der Waals surface area contributed by atoms with Gasteiger partial charge in [-0.3, -0.25) is 4.31 Å². The molecule has 0 unspecified atom stereocenters. The van der Waals surface area contributed by atoms with Gasteiger partial charge in [-0.15, -0.1) is 0 Å². The number of sulfonamides is 1. The van der Waals surface area contributed by atoms with Gasteiger partial charge in [0.05, 0.1) is 23.1 Å². The minimum Gasteiger partial charge on any atom is -0.273 e. The third kappa shape index (κ3) is 3.74. The van der Waals surface area contributed by atoms with Gasteiger partial charge in [-0.2, -0.15) is 5.26 Å². The standard InChI is InChI=1S/C13H18N2O2S/c1-11(2)7-8-18(16,17)15(3)13-6-4-5-12(9-13)10-14/h4-6,9,11H,7-8H2,1-3H3. The number of rotatable bonds is 5. The molecule has 1 rings (SSSR count). The lowest BCUT2D eigenvalue weighted by atomic mass is 10.2. The number of benzene rings is 1. The fourth-order valence-corrected chi connectivity index (χ4v) is 2.93. The molecule has 0 N–H and O–H groups in total. The maximum Gasteiger partial charge on any atom is 0.234 e. The van der Waals surface area contributed by atoms with Crippen molar-refractivity contribution in [3.05, 3.63) is 29.8 Å². The second-order valence-corrected chi connectivity index (χ2v) is 6.75. The third-order valence-electron chi connectivity index (χ3n) is 2.71. The first-order chi connectivity index (χ1) is 8.36. The van der Waals surface area contributed by atoms with E-state index in [0.717, 1.165) is 0 Å². The molecule has 0 amide bonds. The maximum absolute atomic E-state index is 12.1. The highest BCUT2D eigenvalue weighted by molar-refractivity contribution is 7.92. The maximum atomic E-state index is 12.1. The molecule has 0 aliphatic rings. The van der Waals surface area contributed by atoms with Gasteiger partial charge in [0.1, 0.15) is 0 Å². The topological polar surface area (TPSA) is 61.2 Å². The fourth-order valence-electron chi connectivity index (χ4n) is 1.45. The van der Waals surface area contributed by atoms with Gasteiger partial charge in [0, 0.05) is 7.05 Å². The number of anilines is 1. The first-order valence-corrected chi connectivity index (χ1v) is 7.44. The van der Waals surface area contributed by atoms with E-state index in [1.807, 2.05) is 19.9 Å². The molecule has 4 nitrogen and oxygen atoms in total. The highest BCUT2D eigenvalue weighted by Gasteiger charge is 2.18. The van der Waals surface area contributed by atoms with Crippen LogP contribution in [0.25, 0.3) is 0 Å². The molecule has 0 atom stereocenters. The molecule has 0 fully saturated rings. The molecule has 0 spiro atoms. The summed E-state index contributed by atoms with van der Waals surface area (Å²) in [6.07, 6.45) is 0.630. The van der Waals surface area contributed by atoms with E-state index in [-0.39, 0.29) is 5.75 Å². The van der Waals surface area contributed by atoms with Crippen LogP contribution >= 0.6 is 0 Å². The molecular weight excluding hydrogens is 248 g/mol. The third-order valence-corrected chi connectivity index (χ3v) is 4.51. The van der Waals surface area contributed by atoms with Crippen molar-refractivity contribution in [1.29, 1.82) is 5.26 Å². The molecule has 0 saturated carbocycles. The number of hydrogen-bond donors (Lipinski definition) is 0. The van der Waals surface area contributed by atoms with Crippen molar-refractivity contribution < 1.29 is 8.42 Å². The van der Waals surface area contributed by atoms with Crippen LogP contribution < -0.4 is 4.31 Å². The summed E-state index contributed by atoms with van der Waals surface area (Å²) in [6, 6.07) is 8.60. The molecule has 0 aromatic heterocycles. The second kappa shape index (κ2) is 5.87. The Kier molecular flexibility index (Phi) is 4.74. The molecule has 0 radical (unpaired) electrons. The van der Waals surface area contributed by atoms with Crippen LogP contribution in [0.5, 0.6) is 0 Å². The highest BCUT2D eigenvalue weighted by atomic mass is 32.2. The van der Waals surface area contributed by atoms with Crippen molar-refractivity contribution in [2.24, 2.45) is 5.92 Å². The Morgan fingerprint density at radius 1 is 1.39 bits per heavy atom. The Labute approximate surface area is 109 Å². The summed E-state index contributed by atoms with van der Waals surface area (Å²) in [7, 11) is -1.79. The normalized spacial score (nSPS) is 11.3. The van der Waals surface area contributed by atoms with Gasteiger partial charge in [-0.1, -0.05) is 19.9 Å². The van der Waals surface area contributed by atoms with E-state index in [4.69, 9.17) is 5.26 Å². The quantitative estimate of drug-likeness (QED) is 0.822. The van der Waals surface area contributed by atoms with Crippen molar-refractivity contribution in [2.45, 2.75) is 20.3 Å². The zero-order chi connectivity index (χ0) is 13.8. The van der Waals surface area contributed by atoms with E-state index < -0.39 is 10.0 Å². The summed E-state index contributed by atoms with van der Waals surface area (Å²) in [6.45, 7) is 3.98.